The van der Waals surface area contributed by atoms with Crippen LogP contribution in [0.25, 0.3) is 10.2 Å². The third-order valence-electron chi connectivity index (χ3n) is 2.49. The Hall–Kier alpha value is -1.17. The van der Waals surface area contributed by atoms with Gasteiger partial charge >= 0.3 is 0 Å². The monoisotopic (exact) mass is 297 g/mol. The minimum atomic E-state index is 0.268. The Morgan fingerprint density at radius 1 is 1.47 bits per heavy atom. The summed E-state index contributed by atoms with van der Waals surface area (Å²) in [5, 5.41) is 4.52. The Labute approximate surface area is 121 Å². The molecule has 2 aromatic rings. The highest BCUT2D eigenvalue weighted by atomic mass is 35.5. The number of anilines is 1. The molecule has 102 valence electrons. The molecule has 0 saturated carbocycles. The standard InChI is InChI=1S/C13H16ClN3OS/c1-3-4-6-18-7-5-15-11-10-8-9(2)19-12(10)17-13(14)16-11/h3,8H,1,4-7H2,2H3,(H,15,16,17). The molecule has 0 aliphatic heterocycles. The van der Waals surface area contributed by atoms with E-state index in [1.165, 1.54) is 4.88 Å². The molecule has 0 saturated heterocycles. The lowest BCUT2D eigenvalue weighted by Crippen LogP contribution is -2.11. The molecule has 0 atom stereocenters. The van der Waals surface area contributed by atoms with Crippen molar-refractivity contribution in [2.45, 2.75) is 13.3 Å². The fourth-order valence-corrected chi connectivity index (χ4v) is 2.76. The van der Waals surface area contributed by atoms with Crippen molar-refractivity contribution in [3.05, 3.63) is 28.9 Å². The zero-order chi connectivity index (χ0) is 13.7. The number of ether oxygens (including phenoxy) is 1. The minimum absolute atomic E-state index is 0.268. The van der Waals surface area contributed by atoms with Crippen molar-refractivity contribution >= 4 is 39.0 Å². The van der Waals surface area contributed by atoms with Gasteiger partial charge in [0, 0.05) is 11.4 Å². The Morgan fingerprint density at radius 3 is 3.11 bits per heavy atom. The van der Waals surface area contributed by atoms with Crippen molar-refractivity contribution in [3.63, 3.8) is 0 Å². The number of nitrogens with one attached hydrogen (secondary N) is 1. The van der Waals surface area contributed by atoms with Gasteiger partial charge in [0.15, 0.2) is 0 Å². The zero-order valence-electron chi connectivity index (χ0n) is 10.8. The molecule has 6 heteroatoms. The Balaban J connectivity index is 1.97. The molecular formula is C13H16ClN3OS. The third kappa shape index (κ3) is 3.89. The molecule has 2 aromatic heterocycles. The van der Waals surface area contributed by atoms with E-state index in [4.69, 9.17) is 16.3 Å². The average molecular weight is 298 g/mol. The summed E-state index contributed by atoms with van der Waals surface area (Å²) in [6.07, 6.45) is 2.71. The van der Waals surface area contributed by atoms with E-state index >= 15 is 0 Å². The van der Waals surface area contributed by atoms with Gasteiger partial charge in [-0.2, -0.15) is 0 Å². The first-order valence-electron chi connectivity index (χ1n) is 6.07. The summed E-state index contributed by atoms with van der Waals surface area (Å²) < 4.78 is 5.44. The lowest BCUT2D eigenvalue weighted by atomic mass is 10.3. The van der Waals surface area contributed by atoms with Gasteiger partial charge in [0.25, 0.3) is 0 Å². The van der Waals surface area contributed by atoms with Crippen LogP contribution in [0.1, 0.15) is 11.3 Å². The van der Waals surface area contributed by atoms with E-state index < -0.39 is 0 Å². The van der Waals surface area contributed by atoms with Gasteiger partial charge < -0.3 is 10.1 Å². The van der Waals surface area contributed by atoms with Gasteiger partial charge in [-0.1, -0.05) is 6.08 Å². The SMILES string of the molecule is C=CCCOCCNc1nc(Cl)nc2sc(C)cc12. The van der Waals surface area contributed by atoms with Gasteiger partial charge in [-0.3, -0.25) is 0 Å². The molecule has 2 rings (SSSR count). The predicted molar refractivity (Wildman–Crippen MR) is 81.3 cm³/mol. The van der Waals surface area contributed by atoms with Crippen molar-refractivity contribution in [1.29, 1.82) is 0 Å². The summed E-state index contributed by atoms with van der Waals surface area (Å²) in [5.74, 6) is 0.770. The molecule has 0 radical (unpaired) electrons. The molecule has 4 nitrogen and oxygen atoms in total. The number of hydrogen-bond donors (Lipinski definition) is 1. The van der Waals surface area contributed by atoms with Gasteiger partial charge in [0.1, 0.15) is 10.6 Å². The second-order valence-corrected chi connectivity index (χ2v) is 5.61. The molecule has 0 bridgehead atoms. The van der Waals surface area contributed by atoms with Gasteiger partial charge in [0.2, 0.25) is 5.28 Å². The van der Waals surface area contributed by atoms with Crippen molar-refractivity contribution in [1.82, 2.24) is 9.97 Å². The molecule has 0 aromatic carbocycles. The van der Waals surface area contributed by atoms with Crippen LogP contribution in [0.3, 0.4) is 0 Å². The number of aromatic nitrogens is 2. The van der Waals surface area contributed by atoms with Crippen molar-refractivity contribution in [2.75, 3.05) is 25.1 Å². The number of halogens is 1. The maximum Gasteiger partial charge on any atom is 0.225 e. The molecule has 1 N–H and O–H groups in total. The first-order chi connectivity index (χ1) is 9.20. The Bertz CT molecular complexity index is 570. The quantitative estimate of drug-likeness (QED) is 0.481. The second-order valence-electron chi connectivity index (χ2n) is 4.03. The summed E-state index contributed by atoms with van der Waals surface area (Å²) in [7, 11) is 0. The number of fused-ring (bicyclic) bond motifs is 1. The number of aryl methyl sites for hydroxylation is 1. The summed E-state index contributed by atoms with van der Waals surface area (Å²) in [6.45, 7) is 7.70. The van der Waals surface area contributed by atoms with Crippen LogP contribution in [0.4, 0.5) is 5.82 Å². The molecule has 0 aliphatic rings. The number of nitrogens with zero attached hydrogens (tertiary/aromatic N) is 2. The van der Waals surface area contributed by atoms with Crippen molar-refractivity contribution in [3.8, 4) is 0 Å². The van der Waals surface area contributed by atoms with Gasteiger partial charge in [0.05, 0.1) is 18.6 Å². The van der Waals surface area contributed by atoms with Crippen LogP contribution >= 0.6 is 22.9 Å². The third-order valence-corrected chi connectivity index (χ3v) is 3.61. The van der Waals surface area contributed by atoms with Crippen LogP contribution in [0.15, 0.2) is 18.7 Å². The van der Waals surface area contributed by atoms with Crippen LogP contribution < -0.4 is 5.32 Å². The van der Waals surface area contributed by atoms with Crippen LogP contribution in [0, 0.1) is 6.92 Å². The Morgan fingerprint density at radius 2 is 2.32 bits per heavy atom. The lowest BCUT2D eigenvalue weighted by Gasteiger charge is -2.07. The molecule has 0 aliphatic carbocycles. The first-order valence-corrected chi connectivity index (χ1v) is 7.26. The highest BCUT2D eigenvalue weighted by Crippen LogP contribution is 2.29. The molecule has 0 amide bonds. The van der Waals surface area contributed by atoms with Gasteiger partial charge in [-0.15, -0.1) is 17.9 Å². The molecular weight excluding hydrogens is 282 g/mol. The molecule has 0 spiro atoms. The molecule has 19 heavy (non-hydrogen) atoms. The maximum atomic E-state index is 5.92. The van der Waals surface area contributed by atoms with E-state index in [-0.39, 0.29) is 5.28 Å². The van der Waals surface area contributed by atoms with Gasteiger partial charge in [-0.05, 0) is 31.0 Å². The normalized spacial score (nSPS) is 10.8. The summed E-state index contributed by atoms with van der Waals surface area (Å²) in [6, 6.07) is 2.07. The topological polar surface area (TPSA) is 47.0 Å². The zero-order valence-corrected chi connectivity index (χ0v) is 12.4. The van der Waals surface area contributed by atoms with Crippen LogP contribution in [-0.4, -0.2) is 29.7 Å². The average Bonchev–Trinajstić information content (AvgIpc) is 2.73. The van der Waals surface area contributed by atoms with Crippen molar-refractivity contribution < 1.29 is 4.74 Å². The van der Waals surface area contributed by atoms with E-state index in [1.807, 2.05) is 13.0 Å². The highest BCUT2D eigenvalue weighted by molar-refractivity contribution is 7.18. The molecule has 0 unspecified atom stereocenters. The lowest BCUT2D eigenvalue weighted by molar-refractivity contribution is 0.149. The largest absolute Gasteiger partial charge is 0.379 e. The highest BCUT2D eigenvalue weighted by Gasteiger charge is 2.09. The molecule has 2 heterocycles. The van der Waals surface area contributed by atoms with Crippen LogP contribution in [0.2, 0.25) is 5.28 Å². The maximum absolute atomic E-state index is 5.92. The first kappa shape index (κ1) is 14.2. The Kier molecular flexibility index (Phi) is 5.13. The van der Waals surface area contributed by atoms with E-state index in [9.17, 15) is 0 Å². The number of hydrogen-bond acceptors (Lipinski definition) is 5. The van der Waals surface area contributed by atoms with Crippen molar-refractivity contribution in [2.24, 2.45) is 0 Å². The summed E-state index contributed by atoms with van der Waals surface area (Å²) >= 11 is 7.53. The fraction of sp³-hybridized carbons (Fsp3) is 0.385. The van der Waals surface area contributed by atoms with E-state index in [1.54, 1.807) is 11.3 Å². The summed E-state index contributed by atoms with van der Waals surface area (Å²) in [5.41, 5.74) is 0. The van der Waals surface area contributed by atoms with E-state index in [0.29, 0.717) is 19.8 Å². The minimum Gasteiger partial charge on any atom is -0.379 e. The number of rotatable bonds is 7. The fourth-order valence-electron chi connectivity index (χ4n) is 1.66. The predicted octanol–water partition coefficient (Wildman–Crippen LogP) is 3.66. The van der Waals surface area contributed by atoms with E-state index in [0.717, 1.165) is 22.5 Å². The van der Waals surface area contributed by atoms with Crippen LogP contribution in [-0.2, 0) is 4.74 Å². The second kappa shape index (κ2) is 6.84. The molecule has 0 fully saturated rings. The summed E-state index contributed by atoms with van der Waals surface area (Å²) in [4.78, 5) is 10.5. The van der Waals surface area contributed by atoms with E-state index in [2.05, 4.69) is 27.9 Å². The smallest absolute Gasteiger partial charge is 0.225 e. The van der Waals surface area contributed by atoms with Gasteiger partial charge in [-0.25, -0.2) is 9.97 Å². The van der Waals surface area contributed by atoms with Crippen LogP contribution in [0.5, 0.6) is 0 Å². The number of thiophene rings is 1.